The Morgan fingerprint density at radius 1 is 1.16 bits per heavy atom. The lowest BCUT2D eigenvalue weighted by Gasteiger charge is -2.14. The molecule has 0 fully saturated rings. The second kappa shape index (κ2) is 9.41. The average molecular weight is 351 g/mol. The van der Waals surface area contributed by atoms with Crippen molar-refractivity contribution >= 4 is 11.9 Å². The highest BCUT2D eigenvalue weighted by Crippen LogP contribution is 2.27. The molecule has 8 heteroatoms. The summed E-state index contributed by atoms with van der Waals surface area (Å²) in [6.45, 7) is 0.672. The molecule has 0 saturated carbocycles. The van der Waals surface area contributed by atoms with Gasteiger partial charge in [-0.2, -0.15) is 0 Å². The number of benzene rings is 1. The minimum absolute atomic E-state index is 0.0376. The molecule has 1 heterocycles. The predicted molar refractivity (Wildman–Crippen MR) is 87.2 cm³/mol. The van der Waals surface area contributed by atoms with E-state index in [-0.39, 0.29) is 19.0 Å². The molecular weight excluding hydrogens is 330 g/mol. The maximum atomic E-state index is 11.7. The van der Waals surface area contributed by atoms with Crippen LogP contribution in [0.3, 0.4) is 0 Å². The number of ether oxygens (including phenoxy) is 5. The quantitative estimate of drug-likeness (QED) is 0.692. The van der Waals surface area contributed by atoms with Crippen molar-refractivity contribution in [2.75, 3.05) is 40.6 Å². The molecule has 1 aliphatic rings. The van der Waals surface area contributed by atoms with Crippen molar-refractivity contribution in [3.63, 3.8) is 0 Å². The first kappa shape index (κ1) is 18.4. The van der Waals surface area contributed by atoms with Gasteiger partial charge in [0.15, 0.2) is 18.1 Å². The van der Waals surface area contributed by atoms with Crippen molar-refractivity contribution in [1.82, 2.24) is 5.32 Å². The average Bonchev–Trinajstić information content (AvgIpc) is 2.66. The van der Waals surface area contributed by atoms with Crippen LogP contribution >= 0.6 is 0 Å². The summed E-state index contributed by atoms with van der Waals surface area (Å²) < 4.78 is 25.3. The summed E-state index contributed by atoms with van der Waals surface area (Å²) in [5.74, 6) is 0.110. The third-order valence-corrected chi connectivity index (χ3v) is 3.37. The van der Waals surface area contributed by atoms with Gasteiger partial charge < -0.3 is 29.0 Å². The standard InChI is InChI=1S/C17H21NO7/c1-21-13-4-3-12(9-14(13)22-2)5-6-18-16(19)11-25-17(20)15-10-23-7-8-24-15/h3-4,9-10H,5-8,11H2,1-2H3,(H,18,19). The zero-order chi connectivity index (χ0) is 18.1. The van der Waals surface area contributed by atoms with Gasteiger partial charge in [0.1, 0.15) is 19.5 Å². The normalized spacial score (nSPS) is 13.0. The minimum atomic E-state index is -0.727. The van der Waals surface area contributed by atoms with E-state index < -0.39 is 11.9 Å². The van der Waals surface area contributed by atoms with Gasteiger partial charge in [0.25, 0.3) is 5.91 Å². The molecule has 0 radical (unpaired) electrons. The lowest BCUT2D eigenvalue weighted by molar-refractivity contribution is -0.149. The fourth-order valence-corrected chi connectivity index (χ4v) is 2.11. The molecule has 25 heavy (non-hydrogen) atoms. The number of esters is 1. The van der Waals surface area contributed by atoms with Gasteiger partial charge in [-0.05, 0) is 24.1 Å². The molecule has 8 nitrogen and oxygen atoms in total. The lowest BCUT2D eigenvalue weighted by Crippen LogP contribution is -2.31. The molecule has 0 aliphatic carbocycles. The molecule has 1 aromatic carbocycles. The lowest BCUT2D eigenvalue weighted by atomic mass is 10.1. The van der Waals surface area contributed by atoms with Crippen LogP contribution in [0.1, 0.15) is 5.56 Å². The zero-order valence-electron chi connectivity index (χ0n) is 14.2. The highest BCUT2D eigenvalue weighted by molar-refractivity contribution is 5.88. The highest BCUT2D eigenvalue weighted by atomic mass is 16.6. The Morgan fingerprint density at radius 3 is 2.64 bits per heavy atom. The van der Waals surface area contributed by atoms with E-state index in [2.05, 4.69) is 5.32 Å². The summed E-state index contributed by atoms with van der Waals surface area (Å²) in [4.78, 5) is 23.3. The maximum Gasteiger partial charge on any atom is 0.377 e. The Morgan fingerprint density at radius 2 is 1.96 bits per heavy atom. The fraction of sp³-hybridized carbons (Fsp3) is 0.412. The molecular formula is C17H21NO7. The number of nitrogens with one attached hydrogen (secondary N) is 1. The van der Waals surface area contributed by atoms with E-state index >= 15 is 0 Å². The number of rotatable bonds is 8. The van der Waals surface area contributed by atoms with E-state index in [4.69, 9.17) is 23.7 Å². The van der Waals surface area contributed by atoms with Crippen LogP contribution in [0.4, 0.5) is 0 Å². The molecule has 0 saturated heterocycles. The van der Waals surface area contributed by atoms with Gasteiger partial charge in [0, 0.05) is 6.54 Å². The number of carbonyl (C=O) groups excluding carboxylic acids is 2. The summed E-state index contributed by atoms with van der Waals surface area (Å²) in [6.07, 6.45) is 1.78. The Hall–Kier alpha value is -2.90. The van der Waals surface area contributed by atoms with Gasteiger partial charge in [0.05, 0.1) is 14.2 Å². The molecule has 0 spiro atoms. The van der Waals surface area contributed by atoms with E-state index in [9.17, 15) is 9.59 Å². The molecule has 0 atom stereocenters. The Balaban J connectivity index is 1.71. The molecule has 0 aromatic heterocycles. The first-order valence-electron chi connectivity index (χ1n) is 7.73. The van der Waals surface area contributed by atoms with Crippen molar-refractivity contribution in [2.45, 2.75) is 6.42 Å². The highest BCUT2D eigenvalue weighted by Gasteiger charge is 2.17. The van der Waals surface area contributed by atoms with E-state index in [0.29, 0.717) is 31.1 Å². The van der Waals surface area contributed by atoms with Crippen molar-refractivity contribution in [3.05, 3.63) is 35.8 Å². The topological polar surface area (TPSA) is 92.3 Å². The van der Waals surface area contributed by atoms with E-state index in [0.717, 1.165) is 5.56 Å². The Labute approximate surface area is 145 Å². The predicted octanol–water partition coefficient (Wildman–Crippen LogP) is 0.794. The first-order chi connectivity index (χ1) is 12.1. The van der Waals surface area contributed by atoms with Crippen molar-refractivity contribution in [3.8, 4) is 11.5 Å². The first-order valence-corrected chi connectivity index (χ1v) is 7.73. The van der Waals surface area contributed by atoms with E-state index in [1.165, 1.54) is 6.26 Å². The molecule has 2 rings (SSSR count). The molecule has 1 N–H and O–H groups in total. The second-order valence-corrected chi connectivity index (χ2v) is 5.07. The van der Waals surface area contributed by atoms with Gasteiger partial charge in [-0.15, -0.1) is 0 Å². The van der Waals surface area contributed by atoms with Gasteiger partial charge in [0.2, 0.25) is 5.76 Å². The molecule has 1 aliphatic heterocycles. The number of amides is 1. The van der Waals surface area contributed by atoms with Crippen LogP contribution in [0.15, 0.2) is 30.2 Å². The smallest absolute Gasteiger partial charge is 0.377 e. The molecule has 136 valence electrons. The number of hydrogen-bond donors (Lipinski definition) is 1. The number of methoxy groups -OCH3 is 2. The van der Waals surface area contributed by atoms with Crippen LogP contribution in [0.2, 0.25) is 0 Å². The van der Waals surface area contributed by atoms with Crippen LogP contribution in [0, 0.1) is 0 Å². The van der Waals surface area contributed by atoms with Crippen molar-refractivity contribution in [1.29, 1.82) is 0 Å². The number of hydrogen-bond acceptors (Lipinski definition) is 7. The van der Waals surface area contributed by atoms with Gasteiger partial charge in [-0.1, -0.05) is 6.07 Å². The van der Waals surface area contributed by atoms with Gasteiger partial charge >= 0.3 is 5.97 Å². The fourth-order valence-electron chi connectivity index (χ4n) is 2.11. The SMILES string of the molecule is COc1ccc(CCNC(=O)COC(=O)C2=COCCO2)cc1OC. The zero-order valence-corrected chi connectivity index (χ0v) is 14.2. The molecule has 1 aromatic rings. The number of carbonyl (C=O) groups is 2. The Bertz CT molecular complexity index is 642. The van der Waals surface area contributed by atoms with Crippen LogP contribution in [0.25, 0.3) is 0 Å². The van der Waals surface area contributed by atoms with Crippen LogP contribution in [-0.2, 0) is 30.2 Å². The summed E-state index contributed by atoms with van der Waals surface area (Å²) in [5, 5.41) is 2.68. The van der Waals surface area contributed by atoms with E-state index in [1.54, 1.807) is 20.3 Å². The third kappa shape index (κ3) is 5.59. The van der Waals surface area contributed by atoms with Crippen LogP contribution in [0.5, 0.6) is 11.5 Å². The third-order valence-electron chi connectivity index (χ3n) is 3.37. The summed E-state index contributed by atoms with van der Waals surface area (Å²) in [5.41, 5.74) is 0.979. The van der Waals surface area contributed by atoms with Crippen LogP contribution in [-0.4, -0.2) is 52.5 Å². The maximum absolute atomic E-state index is 11.7. The van der Waals surface area contributed by atoms with Crippen molar-refractivity contribution in [2.24, 2.45) is 0 Å². The minimum Gasteiger partial charge on any atom is -0.493 e. The van der Waals surface area contributed by atoms with Crippen molar-refractivity contribution < 1.29 is 33.3 Å². The molecule has 0 unspecified atom stereocenters. The van der Waals surface area contributed by atoms with Crippen LogP contribution < -0.4 is 14.8 Å². The summed E-state index contributed by atoms with van der Waals surface area (Å²) in [6, 6.07) is 5.54. The Kier molecular flexibility index (Phi) is 6.94. The molecule has 0 bridgehead atoms. The molecule has 1 amide bonds. The summed E-state index contributed by atoms with van der Waals surface area (Å²) >= 11 is 0. The van der Waals surface area contributed by atoms with E-state index in [1.807, 2.05) is 12.1 Å². The summed E-state index contributed by atoms with van der Waals surface area (Å²) in [7, 11) is 3.13. The monoisotopic (exact) mass is 351 g/mol. The second-order valence-electron chi connectivity index (χ2n) is 5.07. The van der Waals surface area contributed by atoms with Gasteiger partial charge in [-0.3, -0.25) is 4.79 Å². The van der Waals surface area contributed by atoms with Gasteiger partial charge in [-0.25, -0.2) is 4.79 Å². The largest absolute Gasteiger partial charge is 0.493 e.